The molecule has 118 valence electrons. The van der Waals surface area contributed by atoms with Crippen LogP contribution < -0.4 is 14.8 Å². The first kappa shape index (κ1) is 16.0. The number of ether oxygens (including phenoxy) is 2. The highest BCUT2D eigenvalue weighted by Gasteiger charge is 2.24. The van der Waals surface area contributed by atoms with Crippen molar-refractivity contribution in [3.05, 3.63) is 18.2 Å². The summed E-state index contributed by atoms with van der Waals surface area (Å²) in [4.78, 5) is 2.54. The molecule has 1 fully saturated rings. The third-order valence-corrected chi connectivity index (χ3v) is 4.49. The Morgan fingerprint density at radius 2 is 2.14 bits per heavy atom. The lowest BCUT2D eigenvalue weighted by molar-refractivity contribution is 0.172. The summed E-state index contributed by atoms with van der Waals surface area (Å²) in [6.45, 7) is 8.09. The van der Waals surface area contributed by atoms with Crippen molar-refractivity contribution in [1.82, 2.24) is 4.90 Å². The molecule has 1 N–H and O–H groups in total. The number of nitrogens with one attached hydrogen (secondary N) is 1. The van der Waals surface area contributed by atoms with E-state index in [1.54, 1.807) is 14.2 Å². The quantitative estimate of drug-likeness (QED) is 0.873. The molecule has 4 heteroatoms. The van der Waals surface area contributed by atoms with Crippen molar-refractivity contribution >= 4 is 5.69 Å². The van der Waals surface area contributed by atoms with E-state index in [0.29, 0.717) is 12.0 Å². The highest BCUT2D eigenvalue weighted by Crippen LogP contribution is 2.31. The Morgan fingerprint density at radius 3 is 2.81 bits per heavy atom. The Labute approximate surface area is 128 Å². The van der Waals surface area contributed by atoms with Gasteiger partial charge >= 0.3 is 0 Å². The van der Waals surface area contributed by atoms with Crippen molar-refractivity contribution in [3.63, 3.8) is 0 Å². The molecule has 2 rings (SSSR count). The number of rotatable bonds is 6. The van der Waals surface area contributed by atoms with Gasteiger partial charge in [0, 0.05) is 18.7 Å². The summed E-state index contributed by atoms with van der Waals surface area (Å²) in [5.74, 6) is 2.34. The van der Waals surface area contributed by atoms with E-state index >= 15 is 0 Å². The van der Waals surface area contributed by atoms with Gasteiger partial charge in [-0.05, 0) is 50.9 Å². The maximum Gasteiger partial charge on any atom is 0.145 e. The van der Waals surface area contributed by atoms with Gasteiger partial charge in [0.1, 0.15) is 11.5 Å². The number of anilines is 1. The molecule has 4 nitrogen and oxygen atoms in total. The molecule has 0 radical (unpaired) electrons. The number of methoxy groups -OCH3 is 2. The van der Waals surface area contributed by atoms with Crippen LogP contribution in [0.4, 0.5) is 5.69 Å². The third kappa shape index (κ3) is 4.03. The molecule has 0 saturated carbocycles. The predicted octanol–water partition coefficient (Wildman–Crippen LogP) is 3.24. The lowest BCUT2D eigenvalue weighted by Gasteiger charge is -2.36. The Kier molecular flexibility index (Phi) is 5.74. The molecule has 21 heavy (non-hydrogen) atoms. The first-order valence-corrected chi connectivity index (χ1v) is 7.88. The van der Waals surface area contributed by atoms with Gasteiger partial charge in [-0.2, -0.15) is 0 Å². The average Bonchev–Trinajstić information content (AvgIpc) is 2.55. The molecular weight excluding hydrogens is 264 g/mol. The molecule has 2 unspecified atom stereocenters. The predicted molar refractivity (Wildman–Crippen MR) is 87.5 cm³/mol. The van der Waals surface area contributed by atoms with Gasteiger partial charge < -0.3 is 19.7 Å². The Morgan fingerprint density at radius 1 is 1.33 bits per heavy atom. The molecule has 1 aliphatic rings. The van der Waals surface area contributed by atoms with Crippen LogP contribution in [-0.4, -0.2) is 44.8 Å². The second-order valence-corrected chi connectivity index (χ2v) is 5.79. The zero-order valence-electron chi connectivity index (χ0n) is 13.7. The van der Waals surface area contributed by atoms with Crippen LogP contribution in [0.5, 0.6) is 11.5 Å². The van der Waals surface area contributed by atoms with Crippen LogP contribution in [0.25, 0.3) is 0 Å². The molecule has 1 aromatic rings. The maximum atomic E-state index is 5.47. The van der Waals surface area contributed by atoms with Crippen LogP contribution in [-0.2, 0) is 0 Å². The van der Waals surface area contributed by atoms with Crippen LogP contribution in [0.2, 0.25) is 0 Å². The molecule has 1 heterocycles. The van der Waals surface area contributed by atoms with Gasteiger partial charge in [-0.15, -0.1) is 0 Å². The first-order chi connectivity index (χ1) is 10.2. The standard InChI is InChI=1S/C17H28N2O2/c1-5-19-10-6-7-14(12-19)13(2)18-16-9-8-15(20-3)11-17(16)21-4/h8-9,11,13-14,18H,5-7,10,12H2,1-4H3. The van der Waals surface area contributed by atoms with Crippen molar-refractivity contribution in [2.45, 2.75) is 32.7 Å². The highest BCUT2D eigenvalue weighted by molar-refractivity contribution is 5.59. The summed E-state index contributed by atoms with van der Waals surface area (Å²) in [5, 5.41) is 3.62. The summed E-state index contributed by atoms with van der Waals surface area (Å²) in [7, 11) is 3.37. The summed E-state index contributed by atoms with van der Waals surface area (Å²) in [6, 6.07) is 6.36. The largest absolute Gasteiger partial charge is 0.497 e. The number of likely N-dealkylation sites (tertiary alicyclic amines) is 1. The number of nitrogens with zero attached hydrogens (tertiary/aromatic N) is 1. The van der Waals surface area contributed by atoms with E-state index in [4.69, 9.17) is 9.47 Å². The zero-order valence-corrected chi connectivity index (χ0v) is 13.7. The third-order valence-electron chi connectivity index (χ3n) is 4.49. The minimum atomic E-state index is 0.432. The summed E-state index contributed by atoms with van der Waals surface area (Å²) in [5.41, 5.74) is 1.04. The second kappa shape index (κ2) is 7.55. The van der Waals surface area contributed by atoms with Crippen LogP contribution in [0, 0.1) is 5.92 Å². The molecule has 1 aliphatic heterocycles. The first-order valence-electron chi connectivity index (χ1n) is 7.88. The van der Waals surface area contributed by atoms with Crippen LogP contribution >= 0.6 is 0 Å². The van der Waals surface area contributed by atoms with Crippen molar-refractivity contribution in [2.75, 3.05) is 39.2 Å². The summed E-state index contributed by atoms with van der Waals surface area (Å²) < 4.78 is 10.7. The lowest BCUT2D eigenvalue weighted by Crippen LogP contribution is -2.41. The Bertz CT molecular complexity index is 450. The topological polar surface area (TPSA) is 33.7 Å². The SMILES string of the molecule is CCN1CCCC(C(C)Nc2ccc(OC)cc2OC)C1. The van der Waals surface area contributed by atoms with E-state index in [1.165, 1.54) is 25.9 Å². The fourth-order valence-electron chi connectivity index (χ4n) is 3.07. The molecule has 1 aromatic carbocycles. The van der Waals surface area contributed by atoms with Gasteiger partial charge in [-0.1, -0.05) is 6.92 Å². The minimum Gasteiger partial charge on any atom is -0.497 e. The van der Waals surface area contributed by atoms with Gasteiger partial charge in [-0.25, -0.2) is 0 Å². The molecule has 0 bridgehead atoms. The van der Waals surface area contributed by atoms with Crippen molar-refractivity contribution in [2.24, 2.45) is 5.92 Å². The van der Waals surface area contributed by atoms with E-state index in [1.807, 2.05) is 18.2 Å². The Hall–Kier alpha value is -1.42. The van der Waals surface area contributed by atoms with Gasteiger partial charge in [0.2, 0.25) is 0 Å². The van der Waals surface area contributed by atoms with E-state index in [0.717, 1.165) is 23.7 Å². The average molecular weight is 292 g/mol. The highest BCUT2D eigenvalue weighted by atomic mass is 16.5. The van der Waals surface area contributed by atoms with Gasteiger partial charge in [0.15, 0.2) is 0 Å². The number of benzene rings is 1. The van der Waals surface area contributed by atoms with E-state index in [9.17, 15) is 0 Å². The molecule has 0 amide bonds. The molecule has 1 saturated heterocycles. The van der Waals surface area contributed by atoms with E-state index in [2.05, 4.69) is 24.1 Å². The van der Waals surface area contributed by atoms with Crippen molar-refractivity contribution in [3.8, 4) is 11.5 Å². The lowest BCUT2D eigenvalue weighted by atomic mass is 9.91. The molecular formula is C17H28N2O2. The normalized spacial score (nSPS) is 20.9. The fraction of sp³-hybridized carbons (Fsp3) is 0.647. The van der Waals surface area contributed by atoms with Crippen molar-refractivity contribution in [1.29, 1.82) is 0 Å². The maximum absolute atomic E-state index is 5.47. The van der Waals surface area contributed by atoms with Gasteiger partial charge in [-0.3, -0.25) is 0 Å². The van der Waals surface area contributed by atoms with Gasteiger partial charge in [0.25, 0.3) is 0 Å². The van der Waals surface area contributed by atoms with E-state index in [-0.39, 0.29) is 0 Å². The summed E-state index contributed by atoms with van der Waals surface area (Å²) >= 11 is 0. The van der Waals surface area contributed by atoms with Crippen LogP contribution in [0.1, 0.15) is 26.7 Å². The monoisotopic (exact) mass is 292 g/mol. The van der Waals surface area contributed by atoms with Crippen LogP contribution in [0.15, 0.2) is 18.2 Å². The number of hydrogen-bond donors (Lipinski definition) is 1. The van der Waals surface area contributed by atoms with E-state index < -0.39 is 0 Å². The summed E-state index contributed by atoms with van der Waals surface area (Å²) in [6.07, 6.45) is 2.59. The van der Waals surface area contributed by atoms with Gasteiger partial charge in [0.05, 0.1) is 19.9 Å². The van der Waals surface area contributed by atoms with Crippen molar-refractivity contribution < 1.29 is 9.47 Å². The minimum absolute atomic E-state index is 0.432. The molecule has 0 aliphatic carbocycles. The van der Waals surface area contributed by atoms with Crippen LogP contribution in [0.3, 0.4) is 0 Å². The zero-order chi connectivity index (χ0) is 15.2. The molecule has 2 atom stereocenters. The second-order valence-electron chi connectivity index (χ2n) is 5.79. The fourth-order valence-corrected chi connectivity index (χ4v) is 3.07. The number of piperidine rings is 1. The smallest absolute Gasteiger partial charge is 0.145 e. The molecule has 0 spiro atoms. The molecule has 0 aromatic heterocycles. The number of hydrogen-bond acceptors (Lipinski definition) is 4. The Balaban J connectivity index is 2.03.